The van der Waals surface area contributed by atoms with E-state index in [0.717, 1.165) is 0 Å². The van der Waals surface area contributed by atoms with Gasteiger partial charge in [0, 0.05) is 13.1 Å². The van der Waals surface area contributed by atoms with Crippen molar-refractivity contribution < 1.29 is 13.2 Å². The van der Waals surface area contributed by atoms with Crippen molar-refractivity contribution in [2.24, 2.45) is 5.73 Å². The molecular formula is C6H14N2O3S. The minimum absolute atomic E-state index is 0.421. The number of hydrogen-bond donors (Lipinski definition) is 1. The number of rotatable bonds is 2. The van der Waals surface area contributed by atoms with E-state index < -0.39 is 15.4 Å². The second-order valence-electron chi connectivity index (χ2n) is 2.76. The Morgan fingerprint density at radius 2 is 1.92 bits per heavy atom. The van der Waals surface area contributed by atoms with Crippen LogP contribution in [0.3, 0.4) is 0 Å². The highest BCUT2D eigenvalue weighted by Gasteiger charge is 2.27. The molecule has 2 N–H and O–H groups in total. The average Bonchev–Trinajstić information content (AvgIpc) is 2.06. The first-order valence-electron chi connectivity index (χ1n) is 3.87. The number of nitrogens with zero attached hydrogens (tertiary/aromatic N) is 1. The first-order chi connectivity index (χ1) is 5.55. The van der Waals surface area contributed by atoms with Gasteiger partial charge in [-0.25, -0.2) is 8.42 Å². The van der Waals surface area contributed by atoms with Gasteiger partial charge in [0.15, 0.2) is 0 Å². The van der Waals surface area contributed by atoms with Crippen LogP contribution in [-0.2, 0) is 14.8 Å². The molecule has 0 aromatic heterocycles. The molecule has 0 aliphatic carbocycles. The summed E-state index contributed by atoms with van der Waals surface area (Å²) in [4.78, 5) is 0. The summed E-state index contributed by atoms with van der Waals surface area (Å²) in [6, 6.07) is 0. The van der Waals surface area contributed by atoms with Crippen LogP contribution in [0.5, 0.6) is 0 Å². The van der Waals surface area contributed by atoms with Crippen LogP contribution >= 0.6 is 0 Å². The molecule has 0 saturated carbocycles. The second-order valence-corrected chi connectivity index (χ2v) is 5.05. The summed E-state index contributed by atoms with van der Waals surface area (Å²) in [6.07, 6.45) is 0. The molecule has 0 amide bonds. The largest absolute Gasteiger partial charge is 0.379 e. The normalized spacial score (nSPS) is 23.8. The first kappa shape index (κ1) is 9.91. The molecule has 0 aromatic rings. The van der Waals surface area contributed by atoms with Gasteiger partial charge in [-0.3, -0.25) is 0 Å². The third kappa shape index (κ3) is 1.95. The van der Waals surface area contributed by atoms with Gasteiger partial charge in [-0.15, -0.1) is 0 Å². The van der Waals surface area contributed by atoms with Crippen molar-refractivity contribution >= 4 is 10.0 Å². The Morgan fingerprint density at radius 3 is 2.33 bits per heavy atom. The topological polar surface area (TPSA) is 72.6 Å². The smallest absolute Gasteiger partial charge is 0.229 e. The minimum Gasteiger partial charge on any atom is -0.379 e. The molecule has 1 saturated heterocycles. The number of sulfonamides is 1. The van der Waals surface area contributed by atoms with Gasteiger partial charge in [0.2, 0.25) is 10.0 Å². The van der Waals surface area contributed by atoms with Crippen molar-refractivity contribution in [3.05, 3.63) is 0 Å². The van der Waals surface area contributed by atoms with E-state index in [1.165, 1.54) is 11.2 Å². The molecule has 1 atom stereocenters. The summed E-state index contributed by atoms with van der Waals surface area (Å²) >= 11 is 0. The highest BCUT2D eigenvalue weighted by molar-refractivity contribution is 7.89. The lowest BCUT2D eigenvalue weighted by Crippen LogP contribution is -2.46. The SMILES string of the molecule is CC(N)S(=O)(=O)N1CCOCC1. The van der Waals surface area contributed by atoms with E-state index in [2.05, 4.69) is 0 Å². The van der Waals surface area contributed by atoms with Crippen LogP contribution in [0.1, 0.15) is 6.92 Å². The fraction of sp³-hybridized carbons (Fsp3) is 1.00. The summed E-state index contributed by atoms with van der Waals surface area (Å²) < 4.78 is 29.3. The fourth-order valence-electron chi connectivity index (χ4n) is 1.04. The van der Waals surface area contributed by atoms with Crippen molar-refractivity contribution in [3.63, 3.8) is 0 Å². The van der Waals surface area contributed by atoms with Gasteiger partial charge in [-0.2, -0.15) is 4.31 Å². The molecule has 1 aliphatic heterocycles. The molecule has 1 rings (SSSR count). The Kier molecular flexibility index (Phi) is 3.05. The van der Waals surface area contributed by atoms with Crippen LogP contribution in [-0.4, -0.2) is 44.4 Å². The standard InChI is InChI=1S/C6H14N2O3S/c1-6(7)12(9,10)8-2-4-11-5-3-8/h6H,2-5,7H2,1H3. The lowest BCUT2D eigenvalue weighted by atomic mass is 10.5. The molecule has 0 radical (unpaired) electrons. The van der Waals surface area contributed by atoms with Crippen molar-refractivity contribution in [1.82, 2.24) is 4.31 Å². The lowest BCUT2D eigenvalue weighted by molar-refractivity contribution is 0.0727. The maximum absolute atomic E-state index is 11.4. The minimum atomic E-state index is -3.27. The highest BCUT2D eigenvalue weighted by Crippen LogP contribution is 2.07. The number of ether oxygens (including phenoxy) is 1. The van der Waals surface area contributed by atoms with Gasteiger partial charge in [-0.05, 0) is 6.92 Å². The maximum Gasteiger partial charge on any atom is 0.229 e. The van der Waals surface area contributed by atoms with Crippen LogP contribution in [0.4, 0.5) is 0 Å². The van der Waals surface area contributed by atoms with E-state index in [0.29, 0.717) is 26.3 Å². The molecule has 6 heteroatoms. The Morgan fingerprint density at radius 1 is 1.42 bits per heavy atom. The molecule has 1 aliphatic rings. The zero-order valence-electron chi connectivity index (χ0n) is 7.06. The number of morpholine rings is 1. The summed E-state index contributed by atoms with van der Waals surface area (Å²) in [5.74, 6) is 0. The molecule has 12 heavy (non-hydrogen) atoms. The van der Waals surface area contributed by atoms with E-state index >= 15 is 0 Å². The van der Waals surface area contributed by atoms with Gasteiger partial charge < -0.3 is 10.5 Å². The molecular weight excluding hydrogens is 180 g/mol. The highest BCUT2D eigenvalue weighted by atomic mass is 32.2. The monoisotopic (exact) mass is 194 g/mol. The van der Waals surface area contributed by atoms with Crippen molar-refractivity contribution in [2.75, 3.05) is 26.3 Å². The van der Waals surface area contributed by atoms with Gasteiger partial charge in [0.25, 0.3) is 0 Å². The average molecular weight is 194 g/mol. The third-order valence-electron chi connectivity index (χ3n) is 1.80. The van der Waals surface area contributed by atoms with Crippen molar-refractivity contribution in [1.29, 1.82) is 0 Å². The predicted octanol–water partition coefficient (Wildman–Crippen LogP) is -1.05. The van der Waals surface area contributed by atoms with E-state index in [9.17, 15) is 8.42 Å². The van der Waals surface area contributed by atoms with Crippen molar-refractivity contribution in [2.45, 2.75) is 12.3 Å². The van der Waals surface area contributed by atoms with Crippen LogP contribution in [0.15, 0.2) is 0 Å². The number of hydrogen-bond acceptors (Lipinski definition) is 4. The second kappa shape index (κ2) is 3.69. The van der Waals surface area contributed by atoms with Crippen molar-refractivity contribution in [3.8, 4) is 0 Å². The molecule has 0 aromatic carbocycles. The third-order valence-corrected chi connectivity index (χ3v) is 3.82. The Labute approximate surface area is 72.5 Å². The lowest BCUT2D eigenvalue weighted by Gasteiger charge is -2.27. The van der Waals surface area contributed by atoms with Gasteiger partial charge >= 0.3 is 0 Å². The van der Waals surface area contributed by atoms with E-state index in [4.69, 9.17) is 10.5 Å². The van der Waals surface area contributed by atoms with E-state index in [-0.39, 0.29) is 0 Å². The Balaban J connectivity index is 2.67. The quantitative estimate of drug-likeness (QED) is 0.609. The Hall–Kier alpha value is -0.170. The summed E-state index contributed by atoms with van der Waals surface area (Å²) in [7, 11) is -3.27. The molecule has 0 spiro atoms. The molecule has 5 nitrogen and oxygen atoms in total. The van der Waals surface area contributed by atoms with E-state index in [1.807, 2.05) is 0 Å². The summed E-state index contributed by atoms with van der Waals surface area (Å²) in [6.45, 7) is 3.25. The zero-order chi connectivity index (χ0) is 9.19. The zero-order valence-corrected chi connectivity index (χ0v) is 7.88. The van der Waals surface area contributed by atoms with Crippen LogP contribution < -0.4 is 5.73 Å². The van der Waals surface area contributed by atoms with Crippen LogP contribution in [0.2, 0.25) is 0 Å². The molecule has 72 valence electrons. The molecule has 1 fully saturated rings. The van der Waals surface area contributed by atoms with Gasteiger partial charge in [0.05, 0.1) is 13.2 Å². The Bertz CT molecular complexity index is 231. The van der Waals surface area contributed by atoms with Gasteiger partial charge in [-0.1, -0.05) is 0 Å². The predicted molar refractivity (Wildman–Crippen MR) is 45.0 cm³/mol. The summed E-state index contributed by atoms with van der Waals surface area (Å²) in [5, 5.41) is -0.824. The number of nitrogens with two attached hydrogens (primary N) is 1. The molecule has 1 heterocycles. The summed E-state index contributed by atoms with van der Waals surface area (Å²) in [5.41, 5.74) is 5.33. The van der Waals surface area contributed by atoms with Crippen LogP contribution in [0, 0.1) is 0 Å². The van der Waals surface area contributed by atoms with Gasteiger partial charge in [0.1, 0.15) is 5.37 Å². The molecule has 0 bridgehead atoms. The van der Waals surface area contributed by atoms with E-state index in [1.54, 1.807) is 0 Å². The molecule has 1 unspecified atom stereocenters. The fourth-order valence-corrected chi connectivity index (χ4v) is 2.16. The maximum atomic E-state index is 11.4. The van der Waals surface area contributed by atoms with Crippen LogP contribution in [0.25, 0.3) is 0 Å². The first-order valence-corrected chi connectivity index (χ1v) is 5.38.